The maximum atomic E-state index is 12.6. The van der Waals surface area contributed by atoms with Crippen molar-refractivity contribution in [3.05, 3.63) is 95.1 Å². The van der Waals surface area contributed by atoms with E-state index in [1.807, 2.05) is 48.5 Å². The van der Waals surface area contributed by atoms with Gasteiger partial charge >= 0.3 is 12.3 Å². The second-order valence-electron chi connectivity index (χ2n) is 7.39. The number of hydrogen-bond acceptors (Lipinski definition) is 3. The standard InChI is InChI=1S/C26H18F3NO3/c27-26(28,29)24(31)18-9-5-7-17(15-18)8-6-14-30-25(32)33-16-23-21-12-3-1-10-19(21)20-11-2-4-13-22(20)23/h1-5,7,9-13,15,23H,14,16H2,(H,30,32). The molecular weight excluding hydrogens is 431 g/mol. The molecule has 0 saturated heterocycles. The van der Waals surface area contributed by atoms with E-state index in [2.05, 4.69) is 17.2 Å². The summed E-state index contributed by atoms with van der Waals surface area (Å²) in [5.74, 6) is 3.28. The predicted octanol–water partition coefficient (Wildman–Crippen LogP) is 5.32. The molecule has 0 heterocycles. The number of carbonyl (C=O) groups is 2. The number of benzene rings is 3. The average Bonchev–Trinajstić information content (AvgIpc) is 3.13. The predicted molar refractivity (Wildman–Crippen MR) is 117 cm³/mol. The summed E-state index contributed by atoms with van der Waals surface area (Å²) in [5.41, 5.74) is 4.19. The van der Waals surface area contributed by atoms with Crippen LogP contribution in [0, 0.1) is 11.8 Å². The van der Waals surface area contributed by atoms with Crippen molar-refractivity contribution in [2.75, 3.05) is 13.2 Å². The zero-order valence-corrected chi connectivity index (χ0v) is 17.3. The molecule has 0 aliphatic heterocycles. The lowest BCUT2D eigenvalue weighted by atomic mass is 9.98. The van der Waals surface area contributed by atoms with E-state index in [4.69, 9.17) is 4.74 Å². The van der Waals surface area contributed by atoms with Crippen molar-refractivity contribution in [1.82, 2.24) is 5.32 Å². The van der Waals surface area contributed by atoms with Crippen LogP contribution in [0.15, 0.2) is 72.8 Å². The molecule has 166 valence electrons. The second-order valence-corrected chi connectivity index (χ2v) is 7.39. The van der Waals surface area contributed by atoms with Gasteiger partial charge in [0.25, 0.3) is 5.78 Å². The number of rotatable bonds is 4. The third-order valence-electron chi connectivity index (χ3n) is 5.28. The summed E-state index contributed by atoms with van der Waals surface area (Å²) in [5, 5.41) is 2.50. The Morgan fingerprint density at radius 1 is 0.909 bits per heavy atom. The lowest BCUT2D eigenvalue weighted by Crippen LogP contribution is -2.26. The minimum Gasteiger partial charge on any atom is -0.449 e. The lowest BCUT2D eigenvalue weighted by molar-refractivity contribution is -0.0885. The van der Waals surface area contributed by atoms with E-state index in [9.17, 15) is 22.8 Å². The Morgan fingerprint density at radius 2 is 1.55 bits per heavy atom. The number of alkyl carbamates (subject to hydrolysis) is 1. The van der Waals surface area contributed by atoms with Gasteiger partial charge in [-0.1, -0.05) is 72.5 Å². The second kappa shape index (κ2) is 9.21. The number of carbonyl (C=O) groups excluding carboxylic acids is 2. The fraction of sp³-hybridized carbons (Fsp3) is 0.154. The van der Waals surface area contributed by atoms with Gasteiger partial charge in [0.1, 0.15) is 6.61 Å². The van der Waals surface area contributed by atoms with Crippen LogP contribution in [0.2, 0.25) is 0 Å². The number of Topliss-reactive ketones (excluding diaryl/α,β-unsaturated/α-hetero) is 1. The van der Waals surface area contributed by atoms with Crippen LogP contribution in [0.4, 0.5) is 18.0 Å². The topological polar surface area (TPSA) is 55.4 Å². The molecule has 0 spiro atoms. The summed E-state index contributed by atoms with van der Waals surface area (Å²) >= 11 is 0. The van der Waals surface area contributed by atoms with E-state index in [-0.39, 0.29) is 24.6 Å². The number of amides is 1. The molecule has 0 atom stereocenters. The largest absolute Gasteiger partial charge is 0.454 e. The summed E-state index contributed by atoms with van der Waals surface area (Å²) in [6, 6.07) is 20.9. The Labute approximate surface area is 188 Å². The van der Waals surface area contributed by atoms with Crippen molar-refractivity contribution in [1.29, 1.82) is 0 Å². The van der Waals surface area contributed by atoms with E-state index < -0.39 is 23.6 Å². The SMILES string of the molecule is O=C(NCC#Cc1cccc(C(=O)C(F)(F)F)c1)OCC1c2ccccc2-c2ccccc21. The summed E-state index contributed by atoms with van der Waals surface area (Å²) in [4.78, 5) is 23.4. The van der Waals surface area contributed by atoms with Gasteiger partial charge in [-0.2, -0.15) is 13.2 Å². The molecule has 4 rings (SSSR count). The van der Waals surface area contributed by atoms with Gasteiger partial charge in [0.2, 0.25) is 0 Å². The van der Waals surface area contributed by atoms with Gasteiger partial charge in [-0.3, -0.25) is 4.79 Å². The van der Waals surface area contributed by atoms with Gasteiger partial charge in [0.05, 0.1) is 6.54 Å². The molecule has 1 aliphatic carbocycles. The molecule has 3 aromatic rings. The summed E-state index contributed by atoms with van der Waals surface area (Å²) < 4.78 is 43.1. The van der Waals surface area contributed by atoms with E-state index in [1.54, 1.807) is 0 Å². The molecule has 4 nitrogen and oxygen atoms in total. The highest BCUT2D eigenvalue weighted by Crippen LogP contribution is 2.44. The van der Waals surface area contributed by atoms with Crippen molar-refractivity contribution in [2.24, 2.45) is 0 Å². The van der Waals surface area contributed by atoms with Crippen LogP contribution in [-0.4, -0.2) is 31.2 Å². The van der Waals surface area contributed by atoms with Crippen LogP contribution in [0.3, 0.4) is 0 Å². The van der Waals surface area contributed by atoms with Gasteiger partial charge in [0, 0.05) is 17.0 Å². The number of halogens is 3. The number of ether oxygens (including phenoxy) is 1. The maximum Gasteiger partial charge on any atom is 0.454 e. The number of fused-ring (bicyclic) bond motifs is 3. The number of ketones is 1. The summed E-state index contributed by atoms with van der Waals surface area (Å²) in [6.45, 7) is 0.100. The van der Waals surface area contributed by atoms with Crippen LogP contribution in [-0.2, 0) is 4.74 Å². The molecule has 3 aromatic carbocycles. The normalized spacial score (nSPS) is 12.2. The van der Waals surface area contributed by atoms with E-state index in [1.165, 1.54) is 12.1 Å². The van der Waals surface area contributed by atoms with Gasteiger partial charge in [-0.15, -0.1) is 0 Å². The molecule has 0 unspecified atom stereocenters. The van der Waals surface area contributed by atoms with E-state index in [0.717, 1.165) is 34.4 Å². The first-order chi connectivity index (χ1) is 15.8. The molecule has 1 aliphatic rings. The molecule has 0 aromatic heterocycles. The van der Waals surface area contributed by atoms with Crippen LogP contribution in [0.1, 0.15) is 33.0 Å². The minimum absolute atomic E-state index is 0.0614. The van der Waals surface area contributed by atoms with Crippen LogP contribution >= 0.6 is 0 Å². The van der Waals surface area contributed by atoms with Crippen LogP contribution in [0.5, 0.6) is 0 Å². The first-order valence-corrected chi connectivity index (χ1v) is 10.1. The number of hydrogen-bond donors (Lipinski definition) is 1. The highest BCUT2D eigenvalue weighted by molar-refractivity contribution is 6.00. The van der Waals surface area contributed by atoms with E-state index >= 15 is 0 Å². The zero-order valence-electron chi connectivity index (χ0n) is 17.3. The molecule has 0 radical (unpaired) electrons. The Hall–Kier alpha value is -4.05. The Kier molecular flexibility index (Phi) is 6.18. The highest BCUT2D eigenvalue weighted by Gasteiger charge is 2.39. The van der Waals surface area contributed by atoms with Crippen molar-refractivity contribution >= 4 is 11.9 Å². The molecule has 7 heteroatoms. The highest BCUT2D eigenvalue weighted by atomic mass is 19.4. The number of alkyl halides is 3. The van der Waals surface area contributed by atoms with Crippen molar-refractivity contribution < 1.29 is 27.5 Å². The van der Waals surface area contributed by atoms with Gasteiger partial charge in [0.15, 0.2) is 0 Å². The fourth-order valence-corrected chi connectivity index (χ4v) is 3.81. The zero-order chi connectivity index (χ0) is 23.4. The molecular formula is C26H18F3NO3. The van der Waals surface area contributed by atoms with Gasteiger partial charge in [-0.05, 0) is 34.4 Å². The third-order valence-corrected chi connectivity index (χ3v) is 5.28. The first kappa shape index (κ1) is 22.2. The van der Waals surface area contributed by atoms with Gasteiger partial charge < -0.3 is 10.1 Å². The minimum atomic E-state index is -4.95. The first-order valence-electron chi connectivity index (χ1n) is 10.1. The van der Waals surface area contributed by atoms with Crippen molar-refractivity contribution in [3.63, 3.8) is 0 Å². The quantitative estimate of drug-likeness (QED) is 0.433. The van der Waals surface area contributed by atoms with Crippen molar-refractivity contribution in [3.8, 4) is 23.0 Å². The maximum absolute atomic E-state index is 12.6. The van der Waals surface area contributed by atoms with Crippen molar-refractivity contribution in [2.45, 2.75) is 12.1 Å². The molecule has 33 heavy (non-hydrogen) atoms. The third kappa shape index (κ3) is 4.90. The molecule has 0 fully saturated rings. The molecule has 1 amide bonds. The molecule has 0 saturated carbocycles. The molecule has 1 N–H and O–H groups in total. The van der Waals surface area contributed by atoms with E-state index in [0.29, 0.717) is 0 Å². The Bertz CT molecular complexity index is 1230. The average molecular weight is 449 g/mol. The summed E-state index contributed by atoms with van der Waals surface area (Å²) in [6.07, 6.45) is -5.59. The lowest BCUT2D eigenvalue weighted by Gasteiger charge is -2.14. The Morgan fingerprint density at radius 3 is 2.18 bits per heavy atom. The molecule has 0 bridgehead atoms. The van der Waals surface area contributed by atoms with Crippen LogP contribution in [0.25, 0.3) is 11.1 Å². The Balaban J connectivity index is 1.33. The monoisotopic (exact) mass is 449 g/mol. The fourth-order valence-electron chi connectivity index (χ4n) is 3.81. The number of nitrogens with one attached hydrogen (secondary N) is 1. The summed E-state index contributed by atoms with van der Waals surface area (Å²) in [7, 11) is 0. The smallest absolute Gasteiger partial charge is 0.449 e. The van der Waals surface area contributed by atoms with Gasteiger partial charge in [-0.25, -0.2) is 4.79 Å². The van der Waals surface area contributed by atoms with Crippen LogP contribution < -0.4 is 5.32 Å².